The Hall–Kier alpha value is -2.61. The Bertz CT molecular complexity index is 1200. The SMILES string of the molecule is Cc1cc(C)nc(NS(=O)(=O)c2ccc(NC(=O)C3CCN(S(=O)(=O)N(C)C)CC3)cc2)n1. The molecule has 1 aliphatic rings. The number of benzene rings is 1. The van der Waals surface area contributed by atoms with Crippen molar-refractivity contribution in [2.45, 2.75) is 31.6 Å². The summed E-state index contributed by atoms with van der Waals surface area (Å²) in [4.78, 5) is 20.8. The summed E-state index contributed by atoms with van der Waals surface area (Å²) in [5.41, 5.74) is 1.73. The molecule has 0 aliphatic carbocycles. The van der Waals surface area contributed by atoms with Crippen molar-refractivity contribution < 1.29 is 21.6 Å². The fourth-order valence-corrected chi connectivity index (χ4v) is 5.57. The van der Waals surface area contributed by atoms with Gasteiger partial charge in [0.25, 0.3) is 20.2 Å². The molecular formula is C20H28N6O5S2. The summed E-state index contributed by atoms with van der Waals surface area (Å²) in [7, 11) is -4.44. The largest absolute Gasteiger partial charge is 0.326 e. The molecule has 0 bridgehead atoms. The van der Waals surface area contributed by atoms with Crippen LogP contribution in [-0.2, 0) is 25.0 Å². The van der Waals surface area contributed by atoms with E-state index in [0.29, 0.717) is 29.9 Å². The van der Waals surface area contributed by atoms with Gasteiger partial charge in [0, 0.05) is 50.2 Å². The maximum atomic E-state index is 12.6. The Morgan fingerprint density at radius 2 is 1.55 bits per heavy atom. The van der Waals surface area contributed by atoms with Crippen LogP contribution in [0.1, 0.15) is 24.2 Å². The van der Waals surface area contributed by atoms with Crippen LogP contribution in [0.4, 0.5) is 11.6 Å². The molecule has 33 heavy (non-hydrogen) atoms. The smallest absolute Gasteiger partial charge is 0.281 e. The number of piperidine rings is 1. The Morgan fingerprint density at radius 1 is 1.00 bits per heavy atom. The number of sulfonamides is 1. The number of nitrogens with zero attached hydrogens (tertiary/aromatic N) is 4. The van der Waals surface area contributed by atoms with Gasteiger partial charge >= 0.3 is 0 Å². The van der Waals surface area contributed by atoms with Crippen LogP contribution < -0.4 is 10.0 Å². The molecule has 1 fully saturated rings. The number of rotatable bonds is 7. The molecule has 0 saturated carbocycles. The van der Waals surface area contributed by atoms with Gasteiger partial charge in [-0.2, -0.15) is 17.0 Å². The van der Waals surface area contributed by atoms with Gasteiger partial charge in [0.15, 0.2) is 0 Å². The molecule has 1 aliphatic heterocycles. The number of carbonyl (C=O) groups is 1. The van der Waals surface area contributed by atoms with Crippen molar-refractivity contribution in [1.29, 1.82) is 0 Å². The number of nitrogens with one attached hydrogen (secondary N) is 2. The lowest BCUT2D eigenvalue weighted by Gasteiger charge is -2.32. The van der Waals surface area contributed by atoms with Crippen molar-refractivity contribution in [3.63, 3.8) is 0 Å². The normalized spacial score (nSPS) is 16.0. The van der Waals surface area contributed by atoms with Gasteiger partial charge in [-0.15, -0.1) is 0 Å². The van der Waals surface area contributed by atoms with Crippen LogP contribution in [0.3, 0.4) is 0 Å². The molecule has 13 heteroatoms. The number of carbonyl (C=O) groups excluding carboxylic acids is 1. The second-order valence-corrected chi connectivity index (χ2v) is 11.9. The lowest BCUT2D eigenvalue weighted by atomic mass is 9.97. The molecule has 1 aromatic heterocycles. The zero-order valence-electron chi connectivity index (χ0n) is 18.9. The second-order valence-electron chi connectivity index (χ2n) is 8.06. The van der Waals surface area contributed by atoms with Crippen molar-refractivity contribution in [2.75, 3.05) is 37.2 Å². The maximum Gasteiger partial charge on any atom is 0.281 e. The number of hydrogen-bond acceptors (Lipinski definition) is 7. The highest BCUT2D eigenvalue weighted by Crippen LogP contribution is 2.23. The molecule has 0 radical (unpaired) electrons. The minimum absolute atomic E-state index is 0.00505. The third-order valence-electron chi connectivity index (χ3n) is 5.25. The molecule has 2 N–H and O–H groups in total. The molecule has 1 saturated heterocycles. The van der Waals surface area contributed by atoms with Crippen molar-refractivity contribution in [3.05, 3.63) is 41.7 Å². The highest BCUT2D eigenvalue weighted by molar-refractivity contribution is 7.92. The molecule has 0 atom stereocenters. The third kappa shape index (κ3) is 6.05. The van der Waals surface area contributed by atoms with E-state index >= 15 is 0 Å². The van der Waals surface area contributed by atoms with E-state index in [-0.39, 0.29) is 35.8 Å². The van der Waals surface area contributed by atoms with E-state index in [1.807, 2.05) is 0 Å². The maximum absolute atomic E-state index is 12.6. The quantitative estimate of drug-likeness (QED) is 0.589. The van der Waals surface area contributed by atoms with Crippen LogP contribution in [0.15, 0.2) is 35.2 Å². The standard InChI is InChI=1S/C20H28N6O5S2/c1-14-13-15(2)22-20(21-14)24-32(28,29)18-7-5-17(6-8-18)23-19(27)16-9-11-26(12-10-16)33(30,31)25(3)4/h5-8,13,16H,9-12H2,1-4H3,(H,23,27)(H,21,22,24). The van der Waals surface area contributed by atoms with E-state index in [9.17, 15) is 21.6 Å². The summed E-state index contributed by atoms with van der Waals surface area (Å²) in [6, 6.07) is 7.50. The number of hydrogen-bond donors (Lipinski definition) is 2. The van der Waals surface area contributed by atoms with Gasteiger partial charge < -0.3 is 5.32 Å². The lowest BCUT2D eigenvalue weighted by molar-refractivity contribution is -0.120. The zero-order valence-corrected chi connectivity index (χ0v) is 20.6. The Kier molecular flexibility index (Phi) is 7.36. The molecule has 3 rings (SSSR count). The number of anilines is 2. The Balaban J connectivity index is 1.61. The molecule has 1 aromatic carbocycles. The van der Waals surface area contributed by atoms with Crippen LogP contribution in [-0.4, -0.2) is 68.5 Å². The third-order valence-corrected chi connectivity index (χ3v) is 8.54. The second kappa shape index (κ2) is 9.71. The van der Waals surface area contributed by atoms with Crippen molar-refractivity contribution >= 4 is 37.8 Å². The minimum Gasteiger partial charge on any atom is -0.326 e. The minimum atomic E-state index is -3.89. The van der Waals surface area contributed by atoms with E-state index in [1.54, 1.807) is 19.9 Å². The fourth-order valence-electron chi connectivity index (χ4n) is 3.49. The first-order chi connectivity index (χ1) is 15.4. The van der Waals surface area contributed by atoms with Gasteiger partial charge in [-0.1, -0.05) is 0 Å². The average Bonchev–Trinajstić information content (AvgIpc) is 2.73. The van der Waals surface area contributed by atoms with Gasteiger partial charge in [-0.25, -0.2) is 23.1 Å². The first kappa shape index (κ1) is 25.0. The van der Waals surface area contributed by atoms with Crippen LogP contribution in [0.5, 0.6) is 0 Å². The van der Waals surface area contributed by atoms with Gasteiger partial charge in [0.1, 0.15) is 0 Å². The summed E-state index contributed by atoms with van der Waals surface area (Å²) >= 11 is 0. The van der Waals surface area contributed by atoms with E-state index in [2.05, 4.69) is 20.0 Å². The molecule has 2 aromatic rings. The molecule has 2 heterocycles. The van der Waals surface area contributed by atoms with Crippen molar-refractivity contribution in [2.24, 2.45) is 5.92 Å². The average molecular weight is 497 g/mol. The van der Waals surface area contributed by atoms with Crippen LogP contribution in [0.2, 0.25) is 0 Å². The van der Waals surface area contributed by atoms with E-state index in [0.717, 1.165) is 4.31 Å². The molecule has 0 spiro atoms. The fraction of sp³-hybridized carbons (Fsp3) is 0.450. The van der Waals surface area contributed by atoms with Crippen LogP contribution in [0.25, 0.3) is 0 Å². The van der Waals surface area contributed by atoms with Crippen molar-refractivity contribution in [3.8, 4) is 0 Å². The Morgan fingerprint density at radius 3 is 2.06 bits per heavy atom. The molecule has 0 unspecified atom stereocenters. The van der Waals surface area contributed by atoms with Crippen LogP contribution >= 0.6 is 0 Å². The highest BCUT2D eigenvalue weighted by Gasteiger charge is 2.32. The van der Waals surface area contributed by atoms with Gasteiger partial charge in [-0.3, -0.25) is 4.79 Å². The van der Waals surface area contributed by atoms with Crippen molar-refractivity contribution in [1.82, 2.24) is 18.6 Å². The molecule has 11 nitrogen and oxygen atoms in total. The van der Waals surface area contributed by atoms with E-state index in [1.165, 1.54) is 42.7 Å². The molecule has 180 valence electrons. The van der Waals surface area contributed by atoms with Gasteiger partial charge in [-0.05, 0) is 57.0 Å². The monoisotopic (exact) mass is 496 g/mol. The highest BCUT2D eigenvalue weighted by atomic mass is 32.2. The van der Waals surface area contributed by atoms with E-state index < -0.39 is 20.2 Å². The first-order valence-corrected chi connectivity index (χ1v) is 13.2. The van der Waals surface area contributed by atoms with E-state index in [4.69, 9.17) is 0 Å². The number of aromatic nitrogens is 2. The topological polar surface area (TPSA) is 142 Å². The van der Waals surface area contributed by atoms with Gasteiger partial charge in [0.05, 0.1) is 4.90 Å². The van der Waals surface area contributed by atoms with Gasteiger partial charge in [0.2, 0.25) is 11.9 Å². The molecular weight excluding hydrogens is 468 g/mol. The number of amides is 1. The summed E-state index contributed by atoms with van der Waals surface area (Å²) in [6.45, 7) is 4.02. The summed E-state index contributed by atoms with van der Waals surface area (Å²) < 4.78 is 54.5. The predicted molar refractivity (Wildman–Crippen MR) is 124 cm³/mol. The predicted octanol–water partition coefficient (Wildman–Crippen LogP) is 1.35. The Labute approximate surface area is 194 Å². The number of aryl methyl sites for hydroxylation is 2. The summed E-state index contributed by atoms with van der Waals surface area (Å²) in [5, 5.41) is 2.77. The first-order valence-electron chi connectivity index (χ1n) is 10.3. The summed E-state index contributed by atoms with van der Waals surface area (Å²) in [5.74, 6) is -0.563. The summed E-state index contributed by atoms with van der Waals surface area (Å²) in [6.07, 6.45) is 0.816. The zero-order chi connectivity index (χ0) is 24.4. The molecule has 1 amide bonds. The van der Waals surface area contributed by atoms with Crippen LogP contribution in [0, 0.1) is 19.8 Å². The lowest BCUT2D eigenvalue weighted by Crippen LogP contribution is -2.46.